The number of carbonyl (C=O) groups is 1. The zero-order valence-corrected chi connectivity index (χ0v) is 11.9. The Balaban J connectivity index is 3.08. The molecule has 7 heteroatoms. The Morgan fingerprint density at radius 1 is 1.55 bits per heavy atom. The fourth-order valence-electron chi connectivity index (χ4n) is 1.58. The lowest BCUT2D eigenvalue weighted by Gasteiger charge is -2.09. The van der Waals surface area contributed by atoms with Gasteiger partial charge in [-0.3, -0.25) is 10.1 Å². The minimum Gasteiger partial charge on any atom is -0.465 e. The van der Waals surface area contributed by atoms with Crippen molar-refractivity contribution in [2.24, 2.45) is 0 Å². The van der Waals surface area contributed by atoms with E-state index in [-0.39, 0.29) is 22.0 Å². The number of nitro benzene ring substituents is 1. The van der Waals surface area contributed by atoms with Gasteiger partial charge < -0.3 is 10.1 Å². The van der Waals surface area contributed by atoms with Crippen molar-refractivity contribution in [3.63, 3.8) is 0 Å². The number of nitrogens with one attached hydrogen (secondary N) is 1. The maximum atomic E-state index is 11.5. The van der Waals surface area contributed by atoms with Crippen LogP contribution in [0.15, 0.2) is 24.3 Å². The number of anilines is 1. The van der Waals surface area contributed by atoms with Crippen molar-refractivity contribution in [1.82, 2.24) is 0 Å². The molecule has 6 nitrogen and oxygen atoms in total. The highest BCUT2D eigenvalue weighted by molar-refractivity contribution is 6.34. The topological polar surface area (TPSA) is 81.5 Å². The number of benzene rings is 1. The first kappa shape index (κ1) is 16.0. The fraction of sp³-hybridized carbons (Fsp3) is 0.308. The number of allylic oxidation sites excluding steroid dienone is 1. The second-order valence-corrected chi connectivity index (χ2v) is 4.29. The van der Waals surface area contributed by atoms with Crippen molar-refractivity contribution in [2.75, 3.05) is 19.0 Å². The van der Waals surface area contributed by atoms with Gasteiger partial charge in [0, 0.05) is 12.6 Å². The van der Waals surface area contributed by atoms with Crippen LogP contribution in [-0.2, 0) is 4.74 Å². The molecule has 0 unspecified atom stereocenters. The number of ether oxygens (including phenoxy) is 1. The molecular formula is C13H15ClN2O4. The van der Waals surface area contributed by atoms with Gasteiger partial charge in [-0.2, -0.15) is 0 Å². The van der Waals surface area contributed by atoms with E-state index in [4.69, 9.17) is 11.6 Å². The lowest BCUT2D eigenvalue weighted by atomic mass is 10.1. The van der Waals surface area contributed by atoms with Gasteiger partial charge in [0.25, 0.3) is 5.69 Å². The van der Waals surface area contributed by atoms with Gasteiger partial charge in [-0.1, -0.05) is 23.8 Å². The number of hydrogen-bond acceptors (Lipinski definition) is 5. The highest BCUT2D eigenvalue weighted by Crippen LogP contribution is 2.31. The minimum absolute atomic E-state index is 0.0279. The Labute approximate surface area is 121 Å². The molecule has 1 aromatic rings. The molecule has 0 aliphatic heterocycles. The predicted molar refractivity (Wildman–Crippen MR) is 77.4 cm³/mol. The molecule has 0 saturated heterocycles. The summed E-state index contributed by atoms with van der Waals surface area (Å²) in [4.78, 5) is 21.9. The van der Waals surface area contributed by atoms with Gasteiger partial charge in [0.05, 0.1) is 22.6 Å². The van der Waals surface area contributed by atoms with Crippen LogP contribution in [0.1, 0.15) is 23.7 Å². The molecule has 0 saturated carbocycles. The Hall–Kier alpha value is -2.08. The first-order valence-electron chi connectivity index (χ1n) is 5.92. The van der Waals surface area contributed by atoms with Crippen LogP contribution in [0.2, 0.25) is 5.02 Å². The number of nitrogens with zero attached hydrogens (tertiary/aromatic N) is 1. The van der Waals surface area contributed by atoms with Crippen molar-refractivity contribution in [1.29, 1.82) is 0 Å². The molecule has 0 atom stereocenters. The van der Waals surface area contributed by atoms with Crippen molar-refractivity contribution in [3.8, 4) is 0 Å². The average Bonchev–Trinajstić information content (AvgIpc) is 2.42. The number of rotatable bonds is 6. The molecule has 0 spiro atoms. The minimum atomic E-state index is -0.710. The summed E-state index contributed by atoms with van der Waals surface area (Å²) in [5, 5.41) is 14.1. The van der Waals surface area contributed by atoms with Gasteiger partial charge in [0.1, 0.15) is 5.69 Å². The van der Waals surface area contributed by atoms with E-state index in [0.29, 0.717) is 6.54 Å². The molecule has 108 valence electrons. The van der Waals surface area contributed by atoms with Crippen molar-refractivity contribution in [2.45, 2.75) is 13.3 Å². The highest BCUT2D eigenvalue weighted by atomic mass is 35.5. The zero-order valence-electron chi connectivity index (χ0n) is 11.2. The van der Waals surface area contributed by atoms with E-state index < -0.39 is 10.9 Å². The molecule has 0 aromatic heterocycles. The van der Waals surface area contributed by atoms with Crippen LogP contribution in [-0.4, -0.2) is 24.5 Å². The third-order valence-electron chi connectivity index (χ3n) is 2.55. The van der Waals surface area contributed by atoms with Crippen LogP contribution in [0.4, 0.5) is 11.4 Å². The molecule has 0 aliphatic carbocycles. The van der Waals surface area contributed by atoms with Gasteiger partial charge in [0.2, 0.25) is 0 Å². The van der Waals surface area contributed by atoms with E-state index in [1.165, 1.54) is 13.2 Å². The first-order chi connectivity index (χ1) is 9.51. The normalized spacial score (nSPS) is 10.6. The zero-order chi connectivity index (χ0) is 15.1. The molecule has 0 amide bonds. The Morgan fingerprint density at radius 2 is 2.25 bits per heavy atom. The summed E-state index contributed by atoms with van der Waals surface area (Å²) in [5.41, 5.74) is 0.0345. The van der Waals surface area contributed by atoms with Gasteiger partial charge in [-0.05, 0) is 19.4 Å². The van der Waals surface area contributed by atoms with E-state index in [9.17, 15) is 14.9 Å². The summed E-state index contributed by atoms with van der Waals surface area (Å²) in [5.74, 6) is -0.710. The maximum absolute atomic E-state index is 11.5. The summed E-state index contributed by atoms with van der Waals surface area (Å²) in [6, 6.07) is 2.48. The highest BCUT2D eigenvalue weighted by Gasteiger charge is 2.21. The molecule has 20 heavy (non-hydrogen) atoms. The van der Waals surface area contributed by atoms with Gasteiger partial charge >= 0.3 is 5.97 Å². The van der Waals surface area contributed by atoms with Crippen LogP contribution in [0.5, 0.6) is 0 Å². The molecule has 0 heterocycles. The van der Waals surface area contributed by atoms with Crippen molar-refractivity contribution in [3.05, 3.63) is 45.0 Å². The number of nitro groups is 1. The third kappa shape index (κ3) is 3.96. The molecule has 1 N–H and O–H groups in total. The second kappa shape index (κ2) is 7.49. The number of halogens is 1. The maximum Gasteiger partial charge on any atom is 0.339 e. The summed E-state index contributed by atoms with van der Waals surface area (Å²) in [6.07, 6.45) is 4.55. The number of carbonyl (C=O) groups excluding carboxylic acids is 1. The van der Waals surface area contributed by atoms with Gasteiger partial charge in [0.15, 0.2) is 0 Å². The van der Waals surface area contributed by atoms with Crippen LogP contribution >= 0.6 is 11.6 Å². The third-order valence-corrected chi connectivity index (χ3v) is 2.86. The molecule has 1 aromatic carbocycles. The number of methoxy groups -OCH3 is 1. The van der Waals surface area contributed by atoms with Crippen molar-refractivity contribution >= 4 is 28.9 Å². The molecule has 0 fully saturated rings. The van der Waals surface area contributed by atoms with E-state index in [1.54, 1.807) is 0 Å². The predicted octanol–water partition coefficient (Wildman–Crippen LogP) is 3.41. The van der Waals surface area contributed by atoms with Crippen LogP contribution in [0.3, 0.4) is 0 Å². The van der Waals surface area contributed by atoms with E-state index in [0.717, 1.165) is 12.5 Å². The smallest absolute Gasteiger partial charge is 0.339 e. The molecule has 1 rings (SSSR count). The molecule has 0 aliphatic rings. The fourth-order valence-corrected chi connectivity index (χ4v) is 1.82. The van der Waals surface area contributed by atoms with Gasteiger partial charge in [-0.25, -0.2) is 4.79 Å². The molecule has 0 radical (unpaired) electrons. The quantitative estimate of drug-likeness (QED) is 0.286. The number of esters is 1. The standard InChI is InChI=1S/C13H15ClN2O4/c1-3-4-5-6-15-11-8-10(14)9(13(17)20-2)7-12(11)16(18)19/h3-4,7-8,15H,5-6H2,1-2H3/b4-3+. The van der Waals surface area contributed by atoms with E-state index >= 15 is 0 Å². The lowest BCUT2D eigenvalue weighted by molar-refractivity contribution is -0.384. The second-order valence-electron chi connectivity index (χ2n) is 3.88. The van der Waals surface area contributed by atoms with Crippen LogP contribution in [0.25, 0.3) is 0 Å². The van der Waals surface area contributed by atoms with Crippen LogP contribution < -0.4 is 5.32 Å². The van der Waals surface area contributed by atoms with Gasteiger partial charge in [-0.15, -0.1) is 0 Å². The summed E-state index contributed by atoms with van der Waals surface area (Å²) in [6.45, 7) is 2.42. The SMILES string of the molecule is C/C=C/CCNc1cc(Cl)c(C(=O)OC)cc1[N+](=O)[O-]. The van der Waals surface area contributed by atoms with E-state index in [1.807, 2.05) is 19.1 Å². The lowest BCUT2D eigenvalue weighted by Crippen LogP contribution is -2.07. The molecular weight excluding hydrogens is 284 g/mol. The summed E-state index contributed by atoms with van der Waals surface area (Å²) in [7, 11) is 1.19. The number of hydrogen-bond donors (Lipinski definition) is 1. The summed E-state index contributed by atoms with van der Waals surface area (Å²) < 4.78 is 4.53. The van der Waals surface area contributed by atoms with Crippen molar-refractivity contribution < 1.29 is 14.5 Å². The first-order valence-corrected chi connectivity index (χ1v) is 6.30. The largest absolute Gasteiger partial charge is 0.465 e. The Bertz CT molecular complexity index is 543. The van der Waals surface area contributed by atoms with Crippen LogP contribution in [0, 0.1) is 10.1 Å². The average molecular weight is 299 g/mol. The Kier molecular flexibility index (Phi) is 5.99. The monoisotopic (exact) mass is 298 g/mol. The molecule has 0 bridgehead atoms. The summed E-state index contributed by atoms with van der Waals surface area (Å²) >= 11 is 5.94. The Morgan fingerprint density at radius 3 is 2.80 bits per heavy atom. The van der Waals surface area contributed by atoms with E-state index in [2.05, 4.69) is 10.1 Å².